The van der Waals surface area contributed by atoms with Gasteiger partial charge in [-0.2, -0.15) is 0 Å². The monoisotopic (exact) mass is 304 g/mol. The van der Waals surface area contributed by atoms with Crippen molar-refractivity contribution < 1.29 is 9.53 Å². The van der Waals surface area contributed by atoms with Crippen LogP contribution >= 0.6 is 0 Å². The van der Waals surface area contributed by atoms with Crippen molar-refractivity contribution in [3.05, 3.63) is 29.8 Å². The van der Waals surface area contributed by atoms with E-state index >= 15 is 0 Å². The molecule has 1 aliphatic rings. The maximum absolute atomic E-state index is 12.3. The van der Waals surface area contributed by atoms with Crippen molar-refractivity contribution in [1.29, 1.82) is 0 Å². The molecule has 0 aliphatic carbocycles. The minimum Gasteiger partial charge on any atom is -0.497 e. The van der Waals surface area contributed by atoms with Gasteiger partial charge in [-0.15, -0.1) is 0 Å². The van der Waals surface area contributed by atoms with Crippen molar-refractivity contribution >= 4 is 5.91 Å². The van der Waals surface area contributed by atoms with E-state index in [0.717, 1.165) is 44.9 Å². The smallest absolute Gasteiger partial charge is 0.228 e. The molecule has 0 spiro atoms. The number of piperazine rings is 1. The van der Waals surface area contributed by atoms with E-state index in [1.165, 1.54) is 5.56 Å². The molecular formula is C18H28N2O2. The van der Waals surface area contributed by atoms with E-state index in [1.54, 1.807) is 7.11 Å². The number of amides is 1. The first-order valence-corrected chi connectivity index (χ1v) is 8.05. The predicted octanol–water partition coefficient (Wildman–Crippen LogP) is 2.43. The number of ether oxygens (including phenoxy) is 1. The Morgan fingerprint density at radius 2 is 1.68 bits per heavy atom. The summed E-state index contributed by atoms with van der Waals surface area (Å²) in [5, 5.41) is 0. The molecule has 0 aromatic heterocycles. The first kappa shape index (κ1) is 16.8. The van der Waals surface area contributed by atoms with Gasteiger partial charge in [0, 0.05) is 38.1 Å². The second-order valence-corrected chi connectivity index (χ2v) is 6.98. The first-order valence-electron chi connectivity index (χ1n) is 8.05. The fourth-order valence-corrected chi connectivity index (χ4v) is 2.73. The van der Waals surface area contributed by atoms with Crippen LogP contribution in [-0.2, 0) is 11.2 Å². The molecule has 1 fully saturated rings. The van der Waals surface area contributed by atoms with Gasteiger partial charge in [0.1, 0.15) is 5.75 Å². The lowest BCUT2D eigenvalue weighted by Crippen LogP contribution is -2.51. The van der Waals surface area contributed by atoms with Crippen molar-refractivity contribution in [2.45, 2.75) is 27.2 Å². The Balaban J connectivity index is 1.76. The summed E-state index contributed by atoms with van der Waals surface area (Å²) in [6.07, 6.45) is 1.04. The highest BCUT2D eigenvalue weighted by Crippen LogP contribution is 2.19. The predicted molar refractivity (Wildman–Crippen MR) is 89.2 cm³/mol. The maximum Gasteiger partial charge on any atom is 0.228 e. The Kier molecular flexibility index (Phi) is 5.46. The van der Waals surface area contributed by atoms with Gasteiger partial charge in [0.2, 0.25) is 5.91 Å². The molecule has 4 nitrogen and oxygen atoms in total. The number of carbonyl (C=O) groups is 1. The number of rotatable bonds is 4. The van der Waals surface area contributed by atoms with Crippen LogP contribution in [0.15, 0.2) is 24.3 Å². The molecule has 22 heavy (non-hydrogen) atoms. The highest BCUT2D eigenvalue weighted by molar-refractivity contribution is 5.81. The summed E-state index contributed by atoms with van der Waals surface area (Å²) in [6.45, 7) is 10.7. The van der Waals surface area contributed by atoms with Gasteiger partial charge < -0.3 is 9.64 Å². The van der Waals surface area contributed by atoms with Gasteiger partial charge in [-0.1, -0.05) is 32.9 Å². The average Bonchev–Trinajstić information content (AvgIpc) is 2.52. The van der Waals surface area contributed by atoms with Gasteiger partial charge in [-0.3, -0.25) is 9.69 Å². The lowest BCUT2D eigenvalue weighted by Gasteiger charge is -2.37. The highest BCUT2D eigenvalue weighted by atomic mass is 16.5. The quantitative estimate of drug-likeness (QED) is 0.856. The molecule has 0 N–H and O–H groups in total. The number of hydrogen-bond donors (Lipinski definition) is 0. The second-order valence-electron chi connectivity index (χ2n) is 6.98. The van der Waals surface area contributed by atoms with E-state index in [4.69, 9.17) is 4.74 Å². The van der Waals surface area contributed by atoms with E-state index in [9.17, 15) is 4.79 Å². The summed E-state index contributed by atoms with van der Waals surface area (Å²) in [7, 11) is 1.69. The first-order chi connectivity index (χ1) is 10.4. The molecule has 1 aromatic carbocycles. The molecule has 0 atom stereocenters. The van der Waals surface area contributed by atoms with E-state index < -0.39 is 0 Å². The average molecular weight is 304 g/mol. The second kappa shape index (κ2) is 7.14. The summed E-state index contributed by atoms with van der Waals surface area (Å²) >= 11 is 0. The van der Waals surface area contributed by atoms with Crippen molar-refractivity contribution in [2.24, 2.45) is 5.41 Å². The summed E-state index contributed by atoms with van der Waals surface area (Å²) < 4.78 is 5.18. The summed E-state index contributed by atoms with van der Waals surface area (Å²) in [6, 6.07) is 8.26. The molecule has 4 heteroatoms. The number of carbonyl (C=O) groups excluding carboxylic acids is 1. The molecule has 0 saturated carbocycles. The van der Waals surface area contributed by atoms with Gasteiger partial charge in [-0.05, 0) is 24.1 Å². The topological polar surface area (TPSA) is 32.8 Å². The standard InChI is InChI=1S/C18H28N2O2/c1-18(2,3)17(21)20-13-11-19(12-14-20)10-9-15-5-7-16(22-4)8-6-15/h5-8H,9-14H2,1-4H3. The van der Waals surface area contributed by atoms with Gasteiger partial charge in [0.25, 0.3) is 0 Å². The molecule has 1 aromatic rings. The normalized spacial score (nSPS) is 16.6. The van der Waals surface area contributed by atoms with Crippen LogP contribution in [-0.4, -0.2) is 55.5 Å². The number of benzene rings is 1. The maximum atomic E-state index is 12.3. The number of methoxy groups -OCH3 is 1. The summed E-state index contributed by atoms with van der Waals surface area (Å²) in [5.41, 5.74) is 1.06. The SMILES string of the molecule is COc1ccc(CCN2CCN(C(=O)C(C)(C)C)CC2)cc1. The Bertz CT molecular complexity index is 483. The zero-order valence-electron chi connectivity index (χ0n) is 14.3. The fourth-order valence-electron chi connectivity index (χ4n) is 2.73. The van der Waals surface area contributed by atoms with Crippen molar-refractivity contribution in [2.75, 3.05) is 39.8 Å². The van der Waals surface area contributed by atoms with E-state index in [1.807, 2.05) is 37.8 Å². The van der Waals surface area contributed by atoms with E-state index in [2.05, 4.69) is 17.0 Å². The van der Waals surface area contributed by atoms with Crippen molar-refractivity contribution in [1.82, 2.24) is 9.80 Å². The molecule has 1 heterocycles. The zero-order valence-corrected chi connectivity index (χ0v) is 14.3. The zero-order chi connectivity index (χ0) is 16.2. The molecule has 1 saturated heterocycles. The minimum absolute atomic E-state index is 0.266. The third kappa shape index (κ3) is 4.47. The van der Waals surface area contributed by atoms with Gasteiger partial charge in [0.05, 0.1) is 7.11 Å². The van der Waals surface area contributed by atoms with Crippen LogP contribution in [0.2, 0.25) is 0 Å². The third-order valence-electron chi connectivity index (χ3n) is 4.18. The Labute approximate surface area is 134 Å². The summed E-state index contributed by atoms with van der Waals surface area (Å²) in [4.78, 5) is 16.7. The number of hydrogen-bond acceptors (Lipinski definition) is 3. The van der Waals surface area contributed by atoms with Crippen LogP contribution < -0.4 is 4.74 Å². The Morgan fingerprint density at radius 1 is 1.09 bits per heavy atom. The molecule has 2 rings (SSSR count). The van der Waals surface area contributed by atoms with Gasteiger partial charge in [-0.25, -0.2) is 0 Å². The summed E-state index contributed by atoms with van der Waals surface area (Å²) in [5.74, 6) is 1.17. The van der Waals surface area contributed by atoms with Gasteiger partial charge in [0.15, 0.2) is 0 Å². The van der Waals surface area contributed by atoms with Crippen molar-refractivity contribution in [3.63, 3.8) is 0 Å². The van der Waals surface area contributed by atoms with Crippen LogP contribution in [0, 0.1) is 5.41 Å². The molecule has 0 unspecified atom stereocenters. The molecule has 1 amide bonds. The van der Waals surface area contributed by atoms with Crippen LogP contribution in [0.4, 0.5) is 0 Å². The molecule has 1 aliphatic heterocycles. The minimum atomic E-state index is -0.273. The molecule has 0 bridgehead atoms. The lowest BCUT2D eigenvalue weighted by atomic mass is 9.94. The third-order valence-corrected chi connectivity index (χ3v) is 4.18. The molecular weight excluding hydrogens is 276 g/mol. The fraction of sp³-hybridized carbons (Fsp3) is 0.611. The van der Waals surface area contributed by atoms with Crippen LogP contribution in [0.25, 0.3) is 0 Å². The van der Waals surface area contributed by atoms with Crippen LogP contribution in [0.3, 0.4) is 0 Å². The Morgan fingerprint density at radius 3 is 2.18 bits per heavy atom. The van der Waals surface area contributed by atoms with Crippen LogP contribution in [0.5, 0.6) is 5.75 Å². The van der Waals surface area contributed by atoms with E-state index in [-0.39, 0.29) is 11.3 Å². The molecule has 0 radical (unpaired) electrons. The lowest BCUT2D eigenvalue weighted by molar-refractivity contribution is -0.141. The van der Waals surface area contributed by atoms with Crippen molar-refractivity contribution in [3.8, 4) is 5.75 Å². The molecule has 122 valence electrons. The van der Waals surface area contributed by atoms with Gasteiger partial charge >= 0.3 is 0 Å². The van der Waals surface area contributed by atoms with E-state index in [0.29, 0.717) is 0 Å². The highest BCUT2D eigenvalue weighted by Gasteiger charge is 2.29. The Hall–Kier alpha value is -1.55. The van der Waals surface area contributed by atoms with Crippen LogP contribution in [0.1, 0.15) is 26.3 Å². The largest absolute Gasteiger partial charge is 0.497 e. The number of nitrogens with zero attached hydrogens (tertiary/aromatic N) is 2.